The maximum Gasteiger partial charge on any atom is 0.224 e. The summed E-state index contributed by atoms with van der Waals surface area (Å²) in [5.41, 5.74) is 6.25. The van der Waals surface area contributed by atoms with Gasteiger partial charge in [-0.1, -0.05) is 0 Å². The molecule has 0 radical (unpaired) electrons. The van der Waals surface area contributed by atoms with Crippen molar-refractivity contribution >= 4 is 11.9 Å². The molecule has 1 aromatic heterocycles. The Labute approximate surface area is 154 Å². The lowest BCUT2D eigenvalue weighted by Gasteiger charge is -2.35. The average molecular weight is 365 g/mol. The first-order valence-electron chi connectivity index (χ1n) is 9.56. The van der Waals surface area contributed by atoms with Crippen molar-refractivity contribution in [1.29, 1.82) is 0 Å². The number of aryl methyl sites for hydroxylation is 1. The van der Waals surface area contributed by atoms with E-state index in [9.17, 15) is 4.79 Å². The van der Waals surface area contributed by atoms with Gasteiger partial charge >= 0.3 is 0 Å². The summed E-state index contributed by atoms with van der Waals surface area (Å²) < 4.78 is 7.14. The molecule has 146 valence electrons. The predicted octanol–water partition coefficient (Wildman–Crippen LogP) is -0.438. The smallest absolute Gasteiger partial charge is 0.224 e. The van der Waals surface area contributed by atoms with Crippen LogP contribution in [0.15, 0.2) is 6.33 Å². The van der Waals surface area contributed by atoms with E-state index < -0.39 is 0 Å². The third-order valence-electron chi connectivity index (χ3n) is 5.31. The van der Waals surface area contributed by atoms with Gasteiger partial charge in [-0.2, -0.15) is 10.1 Å². The Morgan fingerprint density at radius 1 is 1.27 bits per heavy atom. The fourth-order valence-electron chi connectivity index (χ4n) is 3.78. The number of nitrogens with one attached hydrogen (secondary N) is 2. The number of ether oxygens (including phenoxy) is 1. The van der Waals surface area contributed by atoms with E-state index in [4.69, 9.17) is 10.5 Å². The van der Waals surface area contributed by atoms with Crippen molar-refractivity contribution in [2.75, 3.05) is 44.7 Å². The number of rotatable bonds is 6. The second-order valence-corrected chi connectivity index (χ2v) is 7.26. The predicted molar refractivity (Wildman–Crippen MR) is 98.6 cm³/mol. The van der Waals surface area contributed by atoms with Crippen molar-refractivity contribution in [3.05, 3.63) is 6.33 Å². The zero-order valence-corrected chi connectivity index (χ0v) is 15.6. The summed E-state index contributed by atoms with van der Waals surface area (Å²) in [6.45, 7) is 4.46. The molecule has 3 heterocycles. The molecule has 1 aromatic rings. The minimum Gasteiger partial charge on any atom is -0.381 e. The Bertz CT molecular complexity index is 573. The SMILES string of the molecule is Cn1ncnc1NCCNC(=O)[C@@H]1CC[C@H](N)CN(C2CCOCC2)C1. The summed E-state index contributed by atoms with van der Waals surface area (Å²) in [5, 5.41) is 10.2. The van der Waals surface area contributed by atoms with E-state index in [2.05, 4.69) is 25.6 Å². The van der Waals surface area contributed by atoms with Crippen molar-refractivity contribution in [2.24, 2.45) is 18.7 Å². The largest absolute Gasteiger partial charge is 0.381 e. The summed E-state index contributed by atoms with van der Waals surface area (Å²) in [7, 11) is 1.83. The summed E-state index contributed by atoms with van der Waals surface area (Å²) in [4.78, 5) is 19.2. The fraction of sp³-hybridized carbons (Fsp3) is 0.824. The molecule has 0 aromatic carbocycles. The minimum atomic E-state index is 0.00113. The van der Waals surface area contributed by atoms with Crippen molar-refractivity contribution in [1.82, 2.24) is 25.0 Å². The van der Waals surface area contributed by atoms with Gasteiger partial charge in [0, 0.05) is 58.5 Å². The lowest BCUT2D eigenvalue weighted by Crippen LogP contribution is -2.47. The van der Waals surface area contributed by atoms with Gasteiger partial charge in [0.05, 0.1) is 5.92 Å². The van der Waals surface area contributed by atoms with Gasteiger partial charge in [-0.15, -0.1) is 0 Å². The number of amides is 1. The Kier molecular flexibility index (Phi) is 6.81. The quantitative estimate of drug-likeness (QED) is 0.586. The molecule has 2 aliphatic heterocycles. The molecule has 1 amide bonds. The molecule has 9 heteroatoms. The van der Waals surface area contributed by atoms with Crippen molar-refractivity contribution in [3.8, 4) is 0 Å². The van der Waals surface area contributed by atoms with Crippen LogP contribution in [0.3, 0.4) is 0 Å². The van der Waals surface area contributed by atoms with Gasteiger partial charge in [0.25, 0.3) is 0 Å². The molecule has 2 fully saturated rings. The standard InChI is InChI=1S/C17H31N7O2/c1-23-17(21-12-22-23)20-7-6-19-16(25)13-2-3-14(18)11-24(10-13)15-4-8-26-9-5-15/h12-15H,2-11,18H2,1H3,(H,19,25)(H,20,21,22)/t13-,14+/m1/s1. The Hall–Kier alpha value is -1.71. The highest BCUT2D eigenvalue weighted by Gasteiger charge is 2.31. The van der Waals surface area contributed by atoms with Crippen LogP contribution in [-0.2, 0) is 16.6 Å². The van der Waals surface area contributed by atoms with Crippen LogP contribution in [0.5, 0.6) is 0 Å². The summed E-state index contributed by atoms with van der Waals surface area (Å²) in [6, 6.07) is 0.633. The lowest BCUT2D eigenvalue weighted by molar-refractivity contribution is -0.125. The Balaban J connectivity index is 1.46. The first kappa shape index (κ1) is 19.1. The number of likely N-dealkylation sites (tertiary alicyclic amines) is 1. The molecule has 9 nitrogen and oxygen atoms in total. The van der Waals surface area contributed by atoms with E-state index in [0.717, 1.165) is 52.0 Å². The van der Waals surface area contributed by atoms with Crippen molar-refractivity contribution in [3.63, 3.8) is 0 Å². The van der Waals surface area contributed by atoms with Crippen LogP contribution in [0, 0.1) is 5.92 Å². The molecule has 0 spiro atoms. The molecule has 2 atom stereocenters. The van der Waals surface area contributed by atoms with Gasteiger partial charge < -0.3 is 21.1 Å². The molecule has 4 N–H and O–H groups in total. The van der Waals surface area contributed by atoms with Crippen molar-refractivity contribution < 1.29 is 9.53 Å². The molecule has 0 bridgehead atoms. The molecule has 0 saturated carbocycles. The van der Waals surface area contributed by atoms with Crippen LogP contribution in [-0.4, -0.2) is 77.0 Å². The summed E-state index contributed by atoms with van der Waals surface area (Å²) >= 11 is 0. The molecule has 26 heavy (non-hydrogen) atoms. The van der Waals surface area contributed by atoms with E-state index in [-0.39, 0.29) is 17.9 Å². The van der Waals surface area contributed by atoms with Gasteiger partial charge in [0.15, 0.2) is 0 Å². The third-order valence-corrected chi connectivity index (χ3v) is 5.31. The first-order chi connectivity index (χ1) is 12.6. The number of hydrogen-bond donors (Lipinski definition) is 3. The number of aromatic nitrogens is 3. The Morgan fingerprint density at radius 2 is 2.08 bits per heavy atom. The molecule has 0 unspecified atom stereocenters. The number of carbonyl (C=O) groups excluding carboxylic acids is 1. The first-order valence-corrected chi connectivity index (χ1v) is 9.56. The van der Waals surface area contributed by atoms with Crippen LogP contribution in [0.25, 0.3) is 0 Å². The number of carbonyl (C=O) groups is 1. The van der Waals surface area contributed by atoms with Gasteiger partial charge in [-0.3, -0.25) is 9.69 Å². The zero-order valence-electron chi connectivity index (χ0n) is 15.6. The second-order valence-electron chi connectivity index (χ2n) is 7.26. The lowest BCUT2D eigenvalue weighted by atomic mass is 10.0. The Morgan fingerprint density at radius 3 is 2.81 bits per heavy atom. The molecule has 2 saturated heterocycles. The minimum absolute atomic E-state index is 0.00113. The van der Waals surface area contributed by atoms with Gasteiger partial charge in [-0.25, -0.2) is 4.68 Å². The molecular weight excluding hydrogens is 334 g/mol. The topological polar surface area (TPSA) is 110 Å². The maximum absolute atomic E-state index is 12.6. The van der Waals surface area contributed by atoms with Crippen LogP contribution in [0.1, 0.15) is 25.7 Å². The van der Waals surface area contributed by atoms with E-state index in [1.807, 2.05) is 7.05 Å². The summed E-state index contributed by atoms with van der Waals surface area (Å²) in [5.74, 6) is 0.822. The number of nitrogens with zero attached hydrogens (tertiary/aromatic N) is 4. The highest BCUT2D eigenvalue weighted by molar-refractivity contribution is 5.78. The third kappa shape index (κ3) is 5.15. The molecule has 3 rings (SSSR count). The molecular formula is C17H31N7O2. The zero-order chi connectivity index (χ0) is 18.4. The molecule has 0 aliphatic carbocycles. The fourth-order valence-corrected chi connectivity index (χ4v) is 3.78. The summed E-state index contributed by atoms with van der Waals surface area (Å²) in [6.07, 6.45) is 5.31. The van der Waals surface area contributed by atoms with Crippen LogP contribution in [0.2, 0.25) is 0 Å². The normalized spacial score (nSPS) is 25.6. The van der Waals surface area contributed by atoms with E-state index >= 15 is 0 Å². The second kappa shape index (κ2) is 9.29. The highest BCUT2D eigenvalue weighted by Crippen LogP contribution is 2.22. The number of hydrogen-bond acceptors (Lipinski definition) is 7. The van der Waals surface area contributed by atoms with E-state index in [1.165, 1.54) is 6.33 Å². The van der Waals surface area contributed by atoms with Gasteiger partial charge in [0.2, 0.25) is 11.9 Å². The van der Waals surface area contributed by atoms with Crippen LogP contribution < -0.4 is 16.4 Å². The molecule has 2 aliphatic rings. The maximum atomic E-state index is 12.6. The van der Waals surface area contributed by atoms with Gasteiger partial charge in [-0.05, 0) is 25.7 Å². The average Bonchev–Trinajstić information content (AvgIpc) is 2.95. The number of anilines is 1. The van der Waals surface area contributed by atoms with Crippen LogP contribution in [0.4, 0.5) is 5.95 Å². The van der Waals surface area contributed by atoms with E-state index in [0.29, 0.717) is 25.1 Å². The van der Waals surface area contributed by atoms with Gasteiger partial charge in [0.1, 0.15) is 6.33 Å². The van der Waals surface area contributed by atoms with Crippen molar-refractivity contribution in [2.45, 2.75) is 37.8 Å². The van der Waals surface area contributed by atoms with E-state index in [1.54, 1.807) is 4.68 Å². The number of nitrogens with two attached hydrogens (primary N) is 1. The monoisotopic (exact) mass is 365 g/mol. The highest BCUT2D eigenvalue weighted by atomic mass is 16.5. The van der Waals surface area contributed by atoms with Crippen LogP contribution >= 0.6 is 0 Å².